The number of ether oxygens (including phenoxy) is 2. The highest BCUT2D eigenvalue weighted by molar-refractivity contribution is 7.16. The molecule has 2 heterocycles. The van der Waals surface area contributed by atoms with Gasteiger partial charge >= 0.3 is 0 Å². The molecule has 4 rings (SSSR count). The third kappa shape index (κ3) is 4.55. The minimum atomic E-state index is -0.414. The van der Waals surface area contributed by atoms with Crippen LogP contribution in [0.2, 0.25) is 0 Å². The average molecular weight is 479 g/mol. The summed E-state index contributed by atoms with van der Waals surface area (Å²) in [6, 6.07) is 12.4. The summed E-state index contributed by atoms with van der Waals surface area (Å²) in [5.74, 6) is 0.474. The maximum absolute atomic E-state index is 13.3. The summed E-state index contributed by atoms with van der Waals surface area (Å²) in [5.41, 5.74) is 2.10. The number of thiazole rings is 1. The van der Waals surface area contributed by atoms with Crippen molar-refractivity contribution in [1.82, 2.24) is 4.98 Å². The lowest BCUT2D eigenvalue weighted by Crippen LogP contribution is -2.14. The fourth-order valence-electron chi connectivity index (χ4n) is 3.55. The van der Waals surface area contributed by atoms with Gasteiger partial charge in [0.15, 0.2) is 10.9 Å². The number of anilines is 1. The first-order valence-corrected chi connectivity index (χ1v) is 11.2. The van der Waals surface area contributed by atoms with Crippen LogP contribution >= 0.6 is 11.3 Å². The highest BCUT2D eigenvalue weighted by Crippen LogP contribution is 2.35. The fourth-order valence-corrected chi connectivity index (χ4v) is 4.40. The molecule has 0 atom stereocenters. The number of nitrogens with zero attached hydrogens (tertiary/aromatic N) is 1. The third-order valence-electron chi connectivity index (χ3n) is 5.13. The smallest absolute Gasteiger partial charge is 0.235 e. The van der Waals surface area contributed by atoms with Crippen LogP contribution < -0.4 is 20.2 Å². The number of aryl methyl sites for hydroxylation is 1. The van der Waals surface area contributed by atoms with Crippen LogP contribution in [0.1, 0.15) is 18.2 Å². The Hall–Kier alpha value is -3.98. The summed E-state index contributed by atoms with van der Waals surface area (Å²) >= 11 is 1.29. The van der Waals surface area contributed by atoms with Gasteiger partial charge in [0.1, 0.15) is 17.1 Å². The standard InChI is InChI=1S/C25H22N2O6S/c1-13(28)11-20(29)26-25-27-21(14(2)34-25)16-7-10-19-18(12-16)22(30)24(32-4)23(33-19)15-5-8-17(31-3)9-6-15/h5-10,12H,11H2,1-4H3,(H,26,27,29). The first-order chi connectivity index (χ1) is 16.3. The van der Waals surface area contributed by atoms with Crippen LogP contribution in [0.3, 0.4) is 0 Å². The Balaban J connectivity index is 1.75. The molecule has 0 saturated heterocycles. The van der Waals surface area contributed by atoms with Gasteiger partial charge in [0, 0.05) is 16.0 Å². The van der Waals surface area contributed by atoms with E-state index in [-0.39, 0.29) is 23.4 Å². The molecular formula is C25H22N2O6S. The first kappa shape index (κ1) is 23.2. The second kappa shape index (κ2) is 9.48. The van der Waals surface area contributed by atoms with Crippen molar-refractivity contribution in [3.05, 3.63) is 57.6 Å². The molecule has 0 unspecified atom stereocenters. The second-order valence-corrected chi connectivity index (χ2v) is 8.79. The van der Waals surface area contributed by atoms with Crippen LogP contribution in [-0.2, 0) is 9.59 Å². The van der Waals surface area contributed by atoms with Crippen molar-refractivity contribution in [2.24, 2.45) is 0 Å². The lowest BCUT2D eigenvalue weighted by molar-refractivity contribution is -0.124. The van der Waals surface area contributed by atoms with Crippen molar-refractivity contribution in [1.29, 1.82) is 0 Å². The van der Waals surface area contributed by atoms with Crippen LogP contribution in [0.5, 0.6) is 11.5 Å². The van der Waals surface area contributed by atoms with E-state index in [4.69, 9.17) is 13.9 Å². The van der Waals surface area contributed by atoms with Gasteiger partial charge in [0.25, 0.3) is 0 Å². The van der Waals surface area contributed by atoms with Gasteiger partial charge in [-0.3, -0.25) is 14.4 Å². The van der Waals surface area contributed by atoms with Gasteiger partial charge in [-0.2, -0.15) is 0 Å². The normalized spacial score (nSPS) is 10.8. The Bertz CT molecular complexity index is 1450. The number of hydrogen-bond acceptors (Lipinski definition) is 8. The largest absolute Gasteiger partial charge is 0.497 e. The zero-order valence-electron chi connectivity index (χ0n) is 19.1. The summed E-state index contributed by atoms with van der Waals surface area (Å²) < 4.78 is 16.7. The van der Waals surface area contributed by atoms with Crippen molar-refractivity contribution < 1.29 is 23.5 Å². The van der Waals surface area contributed by atoms with Crippen LogP contribution in [0.15, 0.2) is 51.7 Å². The van der Waals surface area contributed by atoms with E-state index in [1.54, 1.807) is 49.6 Å². The minimum absolute atomic E-state index is 0.0991. The van der Waals surface area contributed by atoms with Gasteiger partial charge in [-0.25, -0.2) is 4.98 Å². The lowest BCUT2D eigenvalue weighted by Gasteiger charge is -2.10. The predicted molar refractivity (Wildman–Crippen MR) is 131 cm³/mol. The zero-order chi connectivity index (χ0) is 24.4. The van der Waals surface area contributed by atoms with Crippen LogP contribution in [0.4, 0.5) is 5.13 Å². The summed E-state index contributed by atoms with van der Waals surface area (Å²) in [7, 11) is 3.01. The number of aromatic nitrogens is 1. The maximum atomic E-state index is 13.3. The molecule has 0 bridgehead atoms. The van der Waals surface area contributed by atoms with Crippen LogP contribution in [-0.4, -0.2) is 30.9 Å². The molecule has 174 valence electrons. The average Bonchev–Trinajstić information content (AvgIpc) is 3.17. The molecule has 0 spiro atoms. The molecule has 1 N–H and O–H groups in total. The van der Waals surface area contributed by atoms with Crippen molar-refractivity contribution >= 4 is 39.1 Å². The number of fused-ring (bicyclic) bond motifs is 1. The molecule has 0 aliphatic carbocycles. The number of carbonyl (C=O) groups excluding carboxylic acids is 2. The molecule has 1 amide bonds. The lowest BCUT2D eigenvalue weighted by atomic mass is 10.1. The summed E-state index contributed by atoms with van der Waals surface area (Å²) in [4.78, 5) is 41.7. The van der Waals surface area contributed by atoms with E-state index in [9.17, 15) is 14.4 Å². The second-order valence-electron chi connectivity index (χ2n) is 7.58. The van der Waals surface area contributed by atoms with E-state index in [0.29, 0.717) is 44.4 Å². The molecule has 0 radical (unpaired) electrons. The molecule has 2 aromatic carbocycles. The number of methoxy groups -OCH3 is 2. The number of rotatable bonds is 7. The van der Waals surface area contributed by atoms with Gasteiger partial charge < -0.3 is 19.2 Å². The molecule has 0 fully saturated rings. The number of carbonyl (C=O) groups is 2. The van der Waals surface area contributed by atoms with Crippen molar-refractivity contribution in [3.63, 3.8) is 0 Å². The predicted octanol–water partition coefficient (Wildman–Crippen LogP) is 4.83. The topological polar surface area (TPSA) is 108 Å². The van der Waals surface area contributed by atoms with Gasteiger partial charge in [-0.15, -0.1) is 11.3 Å². The van der Waals surface area contributed by atoms with Gasteiger partial charge in [0.2, 0.25) is 17.1 Å². The van der Waals surface area contributed by atoms with Gasteiger partial charge in [0.05, 0.1) is 31.7 Å². The molecule has 34 heavy (non-hydrogen) atoms. The fraction of sp³-hybridized carbons (Fsp3) is 0.200. The van der Waals surface area contributed by atoms with E-state index in [1.165, 1.54) is 25.4 Å². The van der Waals surface area contributed by atoms with Crippen molar-refractivity contribution in [3.8, 4) is 34.1 Å². The molecule has 0 aliphatic rings. The molecule has 4 aromatic rings. The van der Waals surface area contributed by atoms with E-state index >= 15 is 0 Å². The van der Waals surface area contributed by atoms with E-state index in [2.05, 4.69) is 10.3 Å². The highest BCUT2D eigenvalue weighted by Gasteiger charge is 2.19. The van der Waals surface area contributed by atoms with Crippen molar-refractivity contribution in [2.45, 2.75) is 20.3 Å². The van der Waals surface area contributed by atoms with Crippen LogP contribution in [0.25, 0.3) is 33.6 Å². The highest BCUT2D eigenvalue weighted by atomic mass is 32.1. The molecule has 0 aliphatic heterocycles. The first-order valence-electron chi connectivity index (χ1n) is 10.4. The Morgan fingerprint density at radius 3 is 2.41 bits per heavy atom. The third-order valence-corrected chi connectivity index (χ3v) is 6.02. The molecule has 2 aromatic heterocycles. The van der Waals surface area contributed by atoms with E-state index in [0.717, 1.165) is 4.88 Å². The Morgan fingerprint density at radius 1 is 1.06 bits per heavy atom. The van der Waals surface area contributed by atoms with E-state index < -0.39 is 5.91 Å². The monoisotopic (exact) mass is 478 g/mol. The van der Waals surface area contributed by atoms with E-state index in [1.807, 2.05) is 6.92 Å². The van der Waals surface area contributed by atoms with Crippen LogP contribution in [0, 0.1) is 6.92 Å². The number of nitrogens with one attached hydrogen (secondary N) is 1. The quantitative estimate of drug-likeness (QED) is 0.379. The van der Waals surface area contributed by atoms with Gasteiger partial charge in [-0.05, 0) is 56.3 Å². The molecular weight excluding hydrogens is 456 g/mol. The molecule has 9 heteroatoms. The number of ketones is 1. The SMILES string of the molecule is COc1ccc(-c2oc3ccc(-c4nc(NC(=O)CC(C)=O)sc4C)cc3c(=O)c2OC)cc1. The minimum Gasteiger partial charge on any atom is -0.497 e. The number of amides is 1. The van der Waals surface area contributed by atoms with Gasteiger partial charge in [-0.1, -0.05) is 0 Å². The Kier molecular flexibility index (Phi) is 6.47. The zero-order valence-corrected chi connectivity index (χ0v) is 19.9. The summed E-state index contributed by atoms with van der Waals surface area (Å²) in [5, 5.41) is 3.38. The van der Waals surface area contributed by atoms with Crippen molar-refractivity contribution in [2.75, 3.05) is 19.5 Å². The number of benzene rings is 2. The molecule has 0 saturated carbocycles. The Morgan fingerprint density at radius 2 is 1.76 bits per heavy atom. The number of hydrogen-bond donors (Lipinski definition) is 1. The Labute approximate surface area is 199 Å². The maximum Gasteiger partial charge on any atom is 0.235 e. The summed E-state index contributed by atoms with van der Waals surface area (Å²) in [6.07, 6.45) is -0.207. The number of Topliss-reactive ketones (excluding diaryl/α,β-unsaturated/α-hetero) is 1. The molecule has 8 nitrogen and oxygen atoms in total. The summed E-state index contributed by atoms with van der Waals surface area (Å²) in [6.45, 7) is 3.22.